The van der Waals surface area contributed by atoms with E-state index in [1.54, 1.807) is 0 Å². The van der Waals surface area contributed by atoms with Gasteiger partial charge in [-0.05, 0) is 13.8 Å². The molecule has 0 spiro atoms. The predicted molar refractivity (Wildman–Crippen MR) is 43.0 cm³/mol. The fourth-order valence-electron chi connectivity index (χ4n) is 0.538. The number of rotatable bonds is 4. The van der Waals surface area contributed by atoms with Crippen molar-refractivity contribution in [2.75, 3.05) is 13.2 Å². The van der Waals surface area contributed by atoms with Crippen molar-refractivity contribution in [1.29, 1.82) is 0 Å². The Hall–Kier alpha value is 0.190. The number of aliphatic hydroxyl groups is 4. The Labute approximate surface area is 69.9 Å². The lowest BCUT2D eigenvalue weighted by Gasteiger charge is -2.28. The molecule has 0 aliphatic carbocycles. The van der Waals surface area contributed by atoms with Crippen LogP contribution >= 0.6 is 11.8 Å². The van der Waals surface area contributed by atoms with E-state index in [9.17, 15) is 10.2 Å². The third-order valence-corrected chi connectivity index (χ3v) is 2.16. The van der Waals surface area contributed by atoms with Gasteiger partial charge in [0.2, 0.25) is 0 Å². The summed E-state index contributed by atoms with van der Waals surface area (Å²) in [4.78, 5) is -2.82. The van der Waals surface area contributed by atoms with Gasteiger partial charge in [-0.15, -0.1) is 0 Å². The summed E-state index contributed by atoms with van der Waals surface area (Å²) in [6.45, 7) is 1.80. The van der Waals surface area contributed by atoms with E-state index in [0.717, 1.165) is 0 Å². The highest BCUT2D eigenvalue weighted by molar-refractivity contribution is 8.01. The van der Waals surface area contributed by atoms with Crippen LogP contribution in [-0.4, -0.2) is 43.5 Å². The SMILES string of the molecule is CC(O)(CO)SC(C)(O)CO. The zero-order valence-electron chi connectivity index (χ0n) is 6.61. The van der Waals surface area contributed by atoms with Crippen molar-refractivity contribution in [3.8, 4) is 0 Å². The third kappa shape index (κ3) is 4.60. The Bertz CT molecular complexity index is 110. The van der Waals surface area contributed by atoms with Crippen molar-refractivity contribution in [3.05, 3.63) is 0 Å². The van der Waals surface area contributed by atoms with Gasteiger partial charge in [-0.25, -0.2) is 0 Å². The van der Waals surface area contributed by atoms with Gasteiger partial charge in [0.25, 0.3) is 0 Å². The van der Waals surface area contributed by atoms with Gasteiger partial charge in [-0.3, -0.25) is 0 Å². The summed E-state index contributed by atoms with van der Waals surface area (Å²) in [5.41, 5.74) is 0. The van der Waals surface area contributed by atoms with Crippen LogP contribution in [0.3, 0.4) is 0 Å². The normalized spacial score (nSPS) is 22.4. The summed E-state index contributed by atoms with van der Waals surface area (Å²) >= 11 is 0.715. The standard InChI is InChI=1S/C6H14O4S/c1-5(9,3-7)11-6(2,10)4-8/h7-10H,3-4H2,1-2H3. The molecule has 0 rings (SSSR count). The zero-order chi connectivity index (χ0) is 9.12. The summed E-state index contributed by atoms with van der Waals surface area (Å²) in [6.07, 6.45) is 0. The fourth-order valence-corrected chi connectivity index (χ4v) is 1.61. The van der Waals surface area contributed by atoms with Gasteiger partial charge in [0.1, 0.15) is 9.87 Å². The van der Waals surface area contributed by atoms with Gasteiger partial charge in [-0.2, -0.15) is 0 Å². The number of aliphatic hydroxyl groups excluding tert-OH is 2. The van der Waals surface area contributed by atoms with Crippen LogP contribution in [-0.2, 0) is 0 Å². The van der Waals surface area contributed by atoms with Crippen molar-refractivity contribution in [3.63, 3.8) is 0 Å². The number of thioether (sulfide) groups is 1. The quantitative estimate of drug-likeness (QED) is 0.425. The molecule has 0 saturated heterocycles. The highest BCUT2D eigenvalue weighted by Gasteiger charge is 2.31. The van der Waals surface area contributed by atoms with E-state index in [-0.39, 0.29) is 0 Å². The molecule has 0 bridgehead atoms. The number of hydrogen-bond donors (Lipinski definition) is 4. The highest BCUT2D eigenvalue weighted by atomic mass is 32.2. The van der Waals surface area contributed by atoms with Crippen LogP contribution in [0, 0.1) is 0 Å². The summed E-state index contributed by atoms with van der Waals surface area (Å²) < 4.78 is 0. The van der Waals surface area contributed by atoms with E-state index >= 15 is 0 Å². The fraction of sp³-hybridized carbons (Fsp3) is 1.00. The van der Waals surface area contributed by atoms with Crippen LogP contribution in [0.15, 0.2) is 0 Å². The number of hydrogen-bond acceptors (Lipinski definition) is 5. The minimum atomic E-state index is -1.41. The maximum Gasteiger partial charge on any atom is 0.133 e. The van der Waals surface area contributed by atoms with Gasteiger partial charge in [0, 0.05) is 0 Å². The molecule has 0 aromatic carbocycles. The van der Waals surface area contributed by atoms with E-state index in [4.69, 9.17) is 10.2 Å². The Morgan fingerprint density at radius 1 is 1.00 bits per heavy atom. The molecule has 4 N–H and O–H groups in total. The molecular weight excluding hydrogens is 168 g/mol. The minimum absolute atomic E-state index is 0.464. The van der Waals surface area contributed by atoms with Crippen molar-refractivity contribution in [2.45, 2.75) is 23.7 Å². The van der Waals surface area contributed by atoms with Crippen molar-refractivity contribution < 1.29 is 20.4 Å². The molecule has 0 aromatic rings. The largest absolute Gasteiger partial charge is 0.392 e. The Balaban J connectivity index is 4.02. The molecule has 0 saturated carbocycles. The smallest absolute Gasteiger partial charge is 0.133 e. The Morgan fingerprint density at radius 3 is 1.45 bits per heavy atom. The molecule has 0 aromatic heterocycles. The third-order valence-electron chi connectivity index (χ3n) is 1.03. The van der Waals surface area contributed by atoms with E-state index in [2.05, 4.69) is 0 Å². The minimum Gasteiger partial charge on any atom is -0.392 e. The molecule has 2 unspecified atom stereocenters. The van der Waals surface area contributed by atoms with Crippen LogP contribution in [0.4, 0.5) is 0 Å². The predicted octanol–water partition coefficient (Wildman–Crippen LogP) is -0.879. The van der Waals surface area contributed by atoms with Crippen LogP contribution in [0.25, 0.3) is 0 Å². The van der Waals surface area contributed by atoms with Gasteiger partial charge < -0.3 is 20.4 Å². The molecule has 0 aliphatic rings. The van der Waals surface area contributed by atoms with Gasteiger partial charge in [0.15, 0.2) is 0 Å². The molecule has 5 heteroatoms. The van der Waals surface area contributed by atoms with Crippen molar-refractivity contribution in [2.24, 2.45) is 0 Å². The lowest BCUT2D eigenvalue weighted by Crippen LogP contribution is -2.35. The van der Waals surface area contributed by atoms with Crippen LogP contribution in [0.5, 0.6) is 0 Å². The average Bonchev–Trinajstić information content (AvgIpc) is 1.86. The lowest BCUT2D eigenvalue weighted by atomic mass is 10.4. The van der Waals surface area contributed by atoms with Gasteiger partial charge >= 0.3 is 0 Å². The first-order valence-electron chi connectivity index (χ1n) is 3.20. The first-order valence-corrected chi connectivity index (χ1v) is 4.01. The van der Waals surface area contributed by atoms with E-state index < -0.39 is 23.1 Å². The topological polar surface area (TPSA) is 80.9 Å². The Morgan fingerprint density at radius 2 is 1.27 bits per heavy atom. The average molecular weight is 182 g/mol. The second-order valence-corrected chi connectivity index (χ2v) is 4.73. The molecule has 4 nitrogen and oxygen atoms in total. The molecule has 2 atom stereocenters. The van der Waals surface area contributed by atoms with Crippen LogP contribution < -0.4 is 0 Å². The maximum atomic E-state index is 9.23. The van der Waals surface area contributed by atoms with E-state index in [1.807, 2.05) is 0 Å². The van der Waals surface area contributed by atoms with Crippen molar-refractivity contribution in [1.82, 2.24) is 0 Å². The summed E-state index contributed by atoms with van der Waals surface area (Å²) in [6, 6.07) is 0. The first-order chi connectivity index (χ1) is 4.83. The molecule has 0 heterocycles. The van der Waals surface area contributed by atoms with Crippen molar-refractivity contribution >= 4 is 11.8 Å². The second kappa shape index (κ2) is 3.73. The van der Waals surface area contributed by atoms with Gasteiger partial charge in [-0.1, -0.05) is 11.8 Å². The molecule has 0 amide bonds. The zero-order valence-corrected chi connectivity index (χ0v) is 7.43. The van der Waals surface area contributed by atoms with E-state index in [0.29, 0.717) is 11.8 Å². The molecule has 0 radical (unpaired) electrons. The monoisotopic (exact) mass is 182 g/mol. The van der Waals surface area contributed by atoms with Crippen LogP contribution in [0.1, 0.15) is 13.8 Å². The molecule has 68 valence electrons. The van der Waals surface area contributed by atoms with Gasteiger partial charge in [0.05, 0.1) is 13.2 Å². The molecule has 0 fully saturated rings. The maximum absolute atomic E-state index is 9.23. The second-order valence-electron chi connectivity index (χ2n) is 2.77. The molecule has 0 aliphatic heterocycles. The summed E-state index contributed by atoms with van der Waals surface area (Å²) in [7, 11) is 0. The summed E-state index contributed by atoms with van der Waals surface area (Å²) in [5.74, 6) is 0. The molecule has 11 heavy (non-hydrogen) atoms. The van der Waals surface area contributed by atoms with Crippen LogP contribution in [0.2, 0.25) is 0 Å². The Kier molecular flexibility index (Phi) is 3.79. The lowest BCUT2D eigenvalue weighted by molar-refractivity contribution is 0.0524. The molecular formula is C6H14O4S. The van der Waals surface area contributed by atoms with E-state index in [1.165, 1.54) is 13.8 Å². The summed E-state index contributed by atoms with van der Waals surface area (Å²) in [5, 5.41) is 35.6. The highest BCUT2D eigenvalue weighted by Crippen LogP contribution is 2.32. The first kappa shape index (κ1) is 11.2.